The van der Waals surface area contributed by atoms with Gasteiger partial charge in [-0.1, -0.05) is 18.2 Å². The summed E-state index contributed by atoms with van der Waals surface area (Å²) >= 11 is 0. The largest absolute Gasteiger partial charge is 0.493 e. The molecule has 1 aromatic carbocycles. The van der Waals surface area contributed by atoms with Crippen LogP contribution in [0, 0.1) is 0 Å². The van der Waals surface area contributed by atoms with Gasteiger partial charge in [0.1, 0.15) is 11.8 Å². The molecule has 1 aromatic rings. The maximum atomic E-state index is 12.7. The molecule has 21 heavy (non-hydrogen) atoms. The molecule has 0 bridgehead atoms. The molecule has 0 spiro atoms. The van der Waals surface area contributed by atoms with Gasteiger partial charge in [0, 0.05) is 18.5 Å². The van der Waals surface area contributed by atoms with E-state index in [4.69, 9.17) is 4.74 Å². The Balaban J connectivity index is 1.87. The smallest absolute Gasteiger partial charge is 0.326 e. The Hall–Kier alpha value is -2.08. The van der Waals surface area contributed by atoms with E-state index in [1.165, 1.54) is 4.90 Å². The third-order valence-corrected chi connectivity index (χ3v) is 4.10. The molecule has 0 aromatic heterocycles. The maximum absolute atomic E-state index is 12.7. The minimum atomic E-state index is -1.07. The first-order chi connectivity index (χ1) is 10.1. The van der Waals surface area contributed by atoms with E-state index < -0.39 is 24.0 Å². The second-order valence-corrected chi connectivity index (χ2v) is 5.46. The van der Waals surface area contributed by atoms with Crippen LogP contribution in [0.25, 0.3) is 0 Å². The summed E-state index contributed by atoms with van der Waals surface area (Å²) in [6, 6.07) is 6.37. The maximum Gasteiger partial charge on any atom is 0.326 e. The molecule has 112 valence electrons. The van der Waals surface area contributed by atoms with Gasteiger partial charge in [-0.25, -0.2) is 4.79 Å². The van der Waals surface area contributed by atoms with Crippen molar-refractivity contribution in [2.75, 3.05) is 13.2 Å². The highest BCUT2D eigenvalue weighted by Crippen LogP contribution is 2.36. The quantitative estimate of drug-likeness (QED) is 0.833. The number of para-hydroxylation sites is 1. The zero-order valence-electron chi connectivity index (χ0n) is 11.4. The number of aliphatic carboxylic acids is 1. The van der Waals surface area contributed by atoms with Crippen LogP contribution in [-0.4, -0.2) is 52.3 Å². The van der Waals surface area contributed by atoms with Crippen LogP contribution in [0.15, 0.2) is 24.3 Å². The number of nitrogens with zero attached hydrogens (tertiary/aromatic N) is 1. The number of hydrogen-bond donors (Lipinski definition) is 2. The van der Waals surface area contributed by atoms with Gasteiger partial charge in [-0.15, -0.1) is 0 Å². The van der Waals surface area contributed by atoms with Crippen LogP contribution >= 0.6 is 0 Å². The summed E-state index contributed by atoms with van der Waals surface area (Å²) in [5, 5.41) is 18.9. The molecule has 0 radical (unpaired) electrons. The molecule has 1 saturated heterocycles. The number of aliphatic hydroxyl groups is 1. The molecular weight excluding hydrogens is 274 g/mol. The van der Waals surface area contributed by atoms with Crippen LogP contribution < -0.4 is 4.74 Å². The summed E-state index contributed by atoms with van der Waals surface area (Å²) in [6.07, 6.45) is -0.161. The number of carboxylic acids is 1. The van der Waals surface area contributed by atoms with E-state index in [1.807, 2.05) is 24.3 Å². The number of amides is 1. The number of likely N-dealkylation sites (tertiary alicyclic amines) is 1. The Morgan fingerprint density at radius 3 is 2.81 bits per heavy atom. The fourth-order valence-electron chi connectivity index (χ4n) is 3.09. The first-order valence-corrected chi connectivity index (χ1v) is 7.01. The summed E-state index contributed by atoms with van der Waals surface area (Å²) in [5.74, 6) is -1.04. The van der Waals surface area contributed by atoms with E-state index in [9.17, 15) is 19.8 Å². The molecular formula is C15H17NO5. The molecule has 3 rings (SSSR count). The predicted octanol–water partition coefficient (Wildman–Crippen LogP) is 0.599. The highest BCUT2D eigenvalue weighted by atomic mass is 16.5. The van der Waals surface area contributed by atoms with Gasteiger partial charge in [0.15, 0.2) is 0 Å². The van der Waals surface area contributed by atoms with Crippen LogP contribution in [-0.2, 0) is 9.59 Å². The summed E-state index contributed by atoms with van der Waals surface area (Å²) in [5.41, 5.74) is 0.791. The monoisotopic (exact) mass is 291 g/mol. The van der Waals surface area contributed by atoms with E-state index in [0.717, 1.165) is 5.56 Å². The number of carbonyl (C=O) groups excluding carboxylic acids is 1. The number of ether oxygens (including phenoxy) is 1. The third-order valence-electron chi connectivity index (χ3n) is 4.10. The van der Waals surface area contributed by atoms with Crippen molar-refractivity contribution in [2.45, 2.75) is 30.9 Å². The van der Waals surface area contributed by atoms with Gasteiger partial charge in [0.2, 0.25) is 5.91 Å². The normalized spacial score (nSPS) is 27.9. The second-order valence-electron chi connectivity index (χ2n) is 5.46. The fraction of sp³-hybridized carbons (Fsp3) is 0.467. The molecule has 0 saturated carbocycles. The van der Waals surface area contributed by atoms with Gasteiger partial charge in [0.05, 0.1) is 18.6 Å². The van der Waals surface area contributed by atoms with Crippen LogP contribution in [0.3, 0.4) is 0 Å². The lowest BCUT2D eigenvalue weighted by molar-refractivity contribution is -0.149. The summed E-state index contributed by atoms with van der Waals surface area (Å²) in [6.45, 7) is 0.511. The molecule has 1 unspecified atom stereocenters. The zero-order valence-corrected chi connectivity index (χ0v) is 11.4. The number of benzene rings is 1. The molecule has 1 fully saturated rings. The molecule has 2 N–H and O–H groups in total. The van der Waals surface area contributed by atoms with Gasteiger partial charge in [-0.3, -0.25) is 4.79 Å². The summed E-state index contributed by atoms with van der Waals surface area (Å²) in [7, 11) is 0. The van der Waals surface area contributed by atoms with Crippen molar-refractivity contribution < 1.29 is 24.5 Å². The first-order valence-electron chi connectivity index (χ1n) is 7.01. The Kier molecular flexibility index (Phi) is 3.55. The number of fused-ring (bicyclic) bond motifs is 1. The number of hydrogen-bond acceptors (Lipinski definition) is 4. The molecule has 2 heterocycles. The highest BCUT2D eigenvalue weighted by Gasteiger charge is 2.42. The minimum Gasteiger partial charge on any atom is -0.493 e. The molecule has 6 heteroatoms. The average molecular weight is 291 g/mol. The van der Waals surface area contributed by atoms with E-state index in [-0.39, 0.29) is 18.9 Å². The summed E-state index contributed by atoms with van der Waals surface area (Å²) in [4.78, 5) is 25.3. The van der Waals surface area contributed by atoms with E-state index in [1.54, 1.807) is 0 Å². The lowest BCUT2D eigenvalue weighted by atomic mass is 9.91. The Morgan fingerprint density at radius 1 is 1.29 bits per heavy atom. The van der Waals surface area contributed by atoms with Crippen LogP contribution in [0.4, 0.5) is 0 Å². The molecule has 6 nitrogen and oxygen atoms in total. The molecule has 1 amide bonds. The zero-order chi connectivity index (χ0) is 15.0. The standard InChI is InChI=1S/C15H17NO5/c17-9-7-12(15(19)20)16(8-9)14(18)11-5-6-21-13-4-2-1-3-10(11)13/h1-4,9,11-12,17H,5-8H2,(H,19,20)/t9-,11?,12-/m1/s1. The van der Waals surface area contributed by atoms with Crippen molar-refractivity contribution >= 4 is 11.9 Å². The second kappa shape index (κ2) is 5.37. The van der Waals surface area contributed by atoms with Crippen molar-refractivity contribution in [3.63, 3.8) is 0 Å². The van der Waals surface area contributed by atoms with Gasteiger partial charge >= 0.3 is 5.97 Å². The Bertz CT molecular complexity index is 573. The summed E-state index contributed by atoms with van der Waals surface area (Å²) < 4.78 is 5.53. The van der Waals surface area contributed by atoms with Crippen LogP contribution in [0.5, 0.6) is 5.75 Å². The van der Waals surface area contributed by atoms with Gasteiger partial charge in [-0.05, 0) is 12.5 Å². The third kappa shape index (κ3) is 2.47. The SMILES string of the molecule is O=C(O)[C@H]1C[C@@H](O)CN1C(=O)C1CCOc2ccccc21. The topological polar surface area (TPSA) is 87.1 Å². The van der Waals surface area contributed by atoms with Gasteiger partial charge in [-0.2, -0.15) is 0 Å². The van der Waals surface area contributed by atoms with Crippen molar-refractivity contribution in [1.29, 1.82) is 0 Å². The predicted molar refractivity (Wildman–Crippen MR) is 73.1 cm³/mol. The number of carbonyl (C=O) groups is 2. The highest BCUT2D eigenvalue weighted by molar-refractivity contribution is 5.89. The first kappa shape index (κ1) is 13.9. The van der Waals surface area contributed by atoms with E-state index in [2.05, 4.69) is 0 Å². The van der Waals surface area contributed by atoms with Gasteiger partial charge < -0.3 is 19.8 Å². The van der Waals surface area contributed by atoms with Crippen molar-refractivity contribution in [2.24, 2.45) is 0 Å². The lowest BCUT2D eigenvalue weighted by Crippen LogP contribution is -2.43. The van der Waals surface area contributed by atoms with Crippen molar-refractivity contribution in [3.8, 4) is 5.75 Å². The minimum absolute atomic E-state index is 0.0787. The van der Waals surface area contributed by atoms with Crippen LogP contribution in [0.1, 0.15) is 24.3 Å². The molecule has 0 aliphatic carbocycles. The number of rotatable bonds is 2. The van der Waals surface area contributed by atoms with Crippen molar-refractivity contribution in [3.05, 3.63) is 29.8 Å². The Morgan fingerprint density at radius 2 is 2.05 bits per heavy atom. The van der Waals surface area contributed by atoms with Gasteiger partial charge in [0.25, 0.3) is 0 Å². The number of β-amino-alcohol motifs (C(OH)–C–C–N with tert-alkyl or cyclic N) is 1. The van der Waals surface area contributed by atoms with Crippen LogP contribution in [0.2, 0.25) is 0 Å². The fourth-order valence-corrected chi connectivity index (χ4v) is 3.09. The number of aliphatic hydroxyl groups excluding tert-OH is 1. The van der Waals surface area contributed by atoms with E-state index >= 15 is 0 Å². The molecule has 3 atom stereocenters. The molecule has 2 aliphatic heterocycles. The molecule has 2 aliphatic rings. The number of carboxylic acid groups (broad SMARTS) is 1. The Labute approximate surface area is 121 Å². The van der Waals surface area contributed by atoms with E-state index in [0.29, 0.717) is 18.8 Å². The average Bonchev–Trinajstić information content (AvgIpc) is 2.88. The lowest BCUT2D eigenvalue weighted by Gasteiger charge is -2.30. The van der Waals surface area contributed by atoms with Crippen molar-refractivity contribution in [1.82, 2.24) is 4.90 Å².